The molecule has 0 saturated carbocycles. The van der Waals surface area contributed by atoms with E-state index in [-0.39, 0.29) is 10.8 Å². The van der Waals surface area contributed by atoms with Gasteiger partial charge in [0.05, 0.1) is 11.0 Å². The highest BCUT2D eigenvalue weighted by Gasteiger charge is 2.39. The maximum absolute atomic E-state index is 2.52. The molecule has 56 heavy (non-hydrogen) atoms. The second-order valence-electron chi connectivity index (χ2n) is 16.6. The summed E-state index contributed by atoms with van der Waals surface area (Å²) in [5, 5.41) is 5.36. The highest BCUT2D eigenvalue weighted by atomic mass is 32.1. The normalized spacial score (nSPS) is 18.0. The number of allylic oxidation sites excluding steroid dienone is 6. The van der Waals surface area contributed by atoms with Crippen molar-refractivity contribution in [2.75, 3.05) is 0 Å². The number of hydrogen-bond donors (Lipinski definition) is 0. The number of benzene rings is 7. The first kappa shape index (κ1) is 32.1. The number of para-hydroxylation sites is 1. The number of rotatable bonds is 3. The van der Waals surface area contributed by atoms with Crippen LogP contribution in [0.3, 0.4) is 0 Å². The lowest BCUT2D eigenvalue weighted by Crippen LogP contribution is -2.20. The Labute approximate surface area is 331 Å². The minimum Gasteiger partial charge on any atom is -0.309 e. The van der Waals surface area contributed by atoms with E-state index in [2.05, 4.69) is 195 Å². The van der Waals surface area contributed by atoms with Crippen LogP contribution in [0, 0.1) is 0 Å². The van der Waals surface area contributed by atoms with E-state index in [0.29, 0.717) is 0 Å². The molecule has 0 fully saturated rings. The molecule has 0 bridgehead atoms. The largest absolute Gasteiger partial charge is 0.309 e. The average Bonchev–Trinajstić information content (AvgIpc) is 3.91. The maximum atomic E-state index is 2.52. The van der Waals surface area contributed by atoms with Gasteiger partial charge < -0.3 is 4.57 Å². The number of hydrogen-bond acceptors (Lipinski definition) is 1. The van der Waals surface area contributed by atoms with E-state index in [1.54, 1.807) is 0 Å². The lowest BCUT2D eigenvalue weighted by Gasteiger charge is -2.29. The van der Waals surface area contributed by atoms with Crippen LogP contribution < -0.4 is 0 Å². The van der Waals surface area contributed by atoms with E-state index in [0.717, 1.165) is 6.42 Å². The fourth-order valence-corrected chi connectivity index (χ4v) is 11.7. The quantitative estimate of drug-likeness (QED) is 0.170. The average molecular weight is 734 g/mol. The van der Waals surface area contributed by atoms with E-state index < -0.39 is 0 Å². The third kappa shape index (κ3) is 4.31. The van der Waals surface area contributed by atoms with Crippen LogP contribution in [0.5, 0.6) is 0 Å². The molecule has 0 aliphatic heterocycles. The summed E-state index contributed by atoms with van der Waals surface area (Å²) in [5.41, 5.74) is 18.2. The molecular weight excluding hydrogens is 695 g/mol. The van der Waals surface area contributed by atoms with Gasteiger partial charge in [0.1, 0.15) is 0 Å². The molecule has 0 radical (unpaired) electrons. The van der Waals surface area contributed by atoms with Crippen LogP contribution in [0.4, 0.5) is 0 Å². The molecule has 3 aliphatic rings. The molecule has 0 amide bonds. The Morgan fingerprint density at radius 1 is 0.589 bits per heavy atom. The monoisotopic (exact) mass is 733 g/mol. The first-order valence-corrected chi connectivity index (χ1v) is 20.6. The summed E-state index contributed by atoms with van der Waals surface area (Å²) in [6.45, 7) is 7.28. The Morgan fingerprint density at radius 2 is 1.34 bits per heavy atom. The van der Waals surface area contributed by atoms with E-state index in [1.807, 2.05) is 11.3 Å². The van der Waals surface area contributed by atoms with Crippen LogP contribution in [0.25, 0.3) is 69.9 Å². The molecule has 0 saturated heterocycles. The zero-order valence-electron chi connectivity index (χ0n) is 31.7. The van der Waals surface area contributed by atoms with Gasteiger partial charge in [-0.2, -0.15) is 0 Å². The van der Waals surface area contributed by atoms with Crippen LogP contribution in [0.15, 0.2) is 175 Å². The molecule has 0 spiro atoms. The fourth-order valence-electron chi connectivity index (χ4n) is 10.5. The van der Waals surface area contributed by atoms with Crippen molar-refractivity contribution in [1.29, 1.82) is 0 Å². The predicted octanol–water partition coefficient (Wildman–Crippen LogP) is 14.4. The zero-order valence-corrected chi connectivity index (χ0v) is 32.5. The van der Waals surface area contributed by atoms with Gasteiger partial charge in [0.25, 0.3) is 0 Å². The molecule has 9 aromatic rings. The molecule has 266 valence electrons. The minimum atomic E-state index is -0.306. The number of thiophene rings is 1. The van der Waals surface area contributed by atoms with Crippen molar-refractivity contribution >= 4 is 64.5 Å². The highest BCUT2D eigenvalue weighted by molar-refractivity contribution is 7.25. The lowest BCUT2D eigenvalue weighted by atomic mass is 9.73. The molecule has 0 N–H and O–H groups in total. The van der Waals surface area contributed by atoms with Crippen LogP contribution in [0.2, 0.25) is 0 Å². The molecule has 1 nitrogen and oxygen atoms in total. The van der Waals surface area contributed by atoms with E-state index >= 15 is 0 Å². The van der Waals surface area contributed by atoms with Gasteiger partial charge in [-0.1, -0.05) is 147 Å². The highest BCUT2D eigenvalue weighted by Crippen LogP contribution is 2.55. The SMILES string of the molecule is CC1(c2ccc3c4ccccc4n(-c4ccc5c(c4)C(C)(C)c4c-5ccc5sc6ccccc6c45)c3c2)C=CC2=C1c1ccccc1CC(c1ccccc1)=C2. The van der Waals surface area contributed by atoms with Gasteiger partial charge in [-0.05, 0) is 111 Å². The van der Waals surface area contributed by atoms with Crippen molar-refractivity contribution in [1.82, 2.24) is 4.57 Å². The van der Waals surface area contributed by atoms with Gasteiger partial charge in [0, 0.05) is 47.5 Å². The Bertz CT molecular complexity index is 3250. The van der Waals surface area contributed by atoms with Gasteiger partial charge in [0.15, 0.2) is 0 Å². The Balaban J connectivity index is 1.05. The van der Waals surface area contributed by atoms with E-state index in [4.69, 9.17) is 0 Å². The van der Waals surface area contributed by atoms with Crippen LogP contribution >= 0.6 is 11.3 Å². The van der Waals surface area contributed by atoms with Crippen LogP contribution in [-0.4, -0.2) is 4.57 Å². The van der Waals surface area contributed by atoms with Crippen molar-refractivity contribution in [2.24, 2.45) is 0 Å². The van der Waals surface area contributed by atoms with Gasteiger partial charge >= 0.3 is 0 Å². The zero-order chi connectivity index (χ0) is 37.3. The Hall–Kier alpha value is -6.22. The predicted molar refractivity (Wildman–Crippen MR) is 239 cm³/mol. The molecule has 2 heterocycles. The standard InChI is InChI=1S/C54H39NS/c1-53(2)45-32-38(22-24-40(45)43-25-26-49-50(52(43)53)44-18-10-12-20-48(44)56-49)55-46-19-11-9-17-41(46)42-23-21-37(31-47(42)55)54(3)28-27-35-30-36(33-13-5-4-6-14-33)29-34-15-7-8-16-39(34)51(35)54/h4-28,30-32H,29H2,1-3H3. The summed E-state index contributed by atoms with van der Waals surface area (Å²) in [7, 11) is 0. The summed E-state index contributed by atoms with van der Waals surface area (Å²) in [4.78, 5) is 0. The summed E-state index contributed by atoms with van der Waals surface area (Å²) < 4.78 is 5.25. The van der Waals surface area contributed by atoms with Crippen molar-refractivity contribution in [3.63, 3.8) is 0 Å². The van der Waals surface area contributed by atoms with Gasteiger partial charge in [-0.15, -0.1) is 11.3 Å². The van der Waals surface area contributed by atoms with Crippen LogP contribution in [-0.2, 0) is 17.3 Å². The van der Waals surface area contributed by atoms with Crippen molar-refractivity contribution < 1.29 is 0 Å². The number of fused-ring (bicyclic) bond motifs is 12. The summed E-state index contributed by atoms with van der Waals surface area (Å²) in [6.07, 6.45) is 8.17. The smallest absolute Gasteiger partial charge is 0.0544 e. The molecule has 1 atom stereocenters. The summed E-state index contributed by atoms with van der Waals surface area (Å²) >= 11 is 1.91. The second-order valence-corrected chi connectivity index (χ2v) is 17.7. The van der Waals surface area contributed by atoms with Gasteiger partial charge in [-0.3, -0.25) is 0 Å². The molecule has 2 heteroatoms. The second kappa shape index (κ2) is 11.4. The van der Waals surface area contributed by atoms with E-state index in [1.165, 1.54) is 109 Å². The molecular formula is C54H39NS. The first-order valence-electron chi connectivity index (χ1n) is 19.8. The molecule has 2 aromatic heterocycles. The third-order valence-electron chi connectivity index (χ3n) is 13.2. The van der Waals surface area contributed by atoms with E-state index in [9.17, 15) is 0 Å². The topological polar surface area (TPSA) is 4.93 Å². The molecule has 12 rings (SSSR count). The lowest BCUT2D eigenvalue weighted by molar-refractivity contribution is 0.666. The van der Waals surface area contributed by atoms with Gasteiger partial charge in [-0.25, -0.2) is 0 Å². The molecule has 7 aromatic carbocycles. The van der Waals surface area contributed by atoms with Gasteiger partial charge in [0.2, 0.25) is 0 Å². The maximum Gasteiger partial charge on any atom is 0.0544 e. The van der Waals surface area contributed by atoms with Crippen molar-refractivity contribution in [3.05, 3.63) is 209 Å². The summed E-state index contributed by atoms with van der Waals surface area (Å²) in [5.74, 6) is 0. The number of nitrogens with zero attached hydrogens (tertiary/aromatic N) is 1. The minimum absolute atomic E-state index is 0.155. The van der Waals surface area contributed by atoms with Crippen molar-refractivity contribution in [2.45, 2.75) is 38.0 Å². The first-order chi connectivity index (χ1) is 27.4. The van der Waals surface area contributed by atoms with Crippen LogP contribution in [0.1, 0.15) is 54.2 Å². The molecule has 3 aliphatic carbocycles. The third-order valence-corrected chi connectivity index (χ3v) is 14.3. The molecule has 1 unspecified atom stereocenters. The Kier molecular flexibility index (Phi) is 6.53. The Morgan fingerprint density at radius 3 is 2.23 bits per heavy atom. The summed E-state index contributed by atoms with van der Waals surface area (Å²) in [6, 6.07) is 57.0. The number of aromatic nitrogens is 1. The van der Waals surface area contributed by atoms with Crippen molar-refractivity contribution in [3.8, 4) is 16.8 Å². The fraction of sp³-hybridized carbons (Fsp3) is 0.111.